The second-order valence-corrected chi connectivity index (χ2v) is 9.89. The minimum atomic E-state index is -1.01. The van der Waals surface area contributed by atoms with Gasteiger partial charge >= 0.3 is 12.1 Å². The van der Waals surface area contributed by atoms with E-state index in [9.17, 15) is 19.5 Å². The van der Waals surface area contributed by atoms with Crippen LogP contribution in [0.1, 0.15) is 41.6 Å². The van der Waals surface area contributed by atoms with E-state index in [1.165, 1.54) is 12.3 Å². The Balaban J connectivity index is 1.29. The molecule has 0 unspecified atom stereocenters. The Morgan fingerprint density at radius 2 is 1.73 bits per heavy atom. The summed E-state index contributed by atoms with van der Waals surface area (Å²) >= 11 is 0. The van der Waals surface area contributed by atoms with Crippen LogP contribution in [0.3, 0.4) is 0 Å². The van der Waals surface area contributed by atoms with E-state index in [-0.39, 0.29) is 17.6 Å². The molecule has 0 saturated carbocycles. The second-order valence-electron chi connectivity index (χ2n) is 9.89. The number of carbonyl (C=O) groups excluding carboxylic acids is 2. The number of benzene rings is 1. The first-order chi connectivity index (χ1) is 17.6. The van der Waals surface area contributed by atoms with Crippen molar-refractivity contribution in [2.45, 2.75) is 26.4 Å². The van der Waals surface area contributed by atoms with E-state index in [1.807, 2.05) is 26.8 Å². The number of hydrogen-bond acceptors (Lipinski definition) is 7. The van der Waals surface area contributed by atoms with E-state index >= 15 is 0 Å². The van der Waals surface area contributed by atoms with Gasteiger partial charge in [-0.2, -0.15) is 0 Å². The molecule has 1 aromatic carbocycles. The number of carboxylic acids is 1. The molecule has 3 heterocycles. The Kier molecular flexibility index (Phi) is 7.68. The third kappa shape index (κ3) is 6.59. The molecule has 2 N–H and O–H groups in total. The zero-order valence-corrected chi connectivity index (χ0v) is 21.2. The quantitative estimate of drug-likeness (QED) is 0.523. The van der Waals surface area contributed by atoms with Crippen molar-refractivity contribution in [2.24, 2.45) is 0 Å². The van der Waals surface area contributed by atoms with Gasteiger partial charge in [0, 0.05) is 62.6 Å². The van der Waals surface area contributed by atoms with Crippen LogP contribution in [-0.2, 0) is 4.74 Å². The van der Waals surface area contributed by atoms with E-state index in [1.54, 1.807) is 35.4 Å². The molecule has 10 nitrogen and oxygen atoms in total. The van der Waals surface area contributed by atoms with Gasteiger partial charge in [-0.3, -0.25) is 19.7 Å². The third-order valence-corrected chi connectivity index (χ3v) is 6.04. The Morgan fingerprint density at radius 3 is 2.38 bits per heavy atom. The fraction of sp³-hybridized carbons (Fsp3) is 0.370. The molecule has 10 heteroatoms. The summed E-state index contributed by atoms with van der Waals surface area (Å²) in [5.74, 6) is -1.28. The third-order valence-electron chi connectivity index (χ3n) is 6.04. The molecule has 0 radical (unpaired) electrons. The smallest absolute Gasteiger partial charge is 0.410 e. The van der Waals surface area contributed by atoms with E-state index in [0.717, 1.165) is 11.1 Å². The summed E-state index contributed by atoms with van der Waals surface area (Å²) in [5.41, 5.74) is 2.12. The standard InChI is InChI=1S/C27H31N5O5/c1-27(2,3)37-26(36)32-14-12-31(13-15-32)11-10-29-24(33)23-7-5-19(17-30-23)18-4-6-22-21(16-18)20(25(34)35)8-9-28-22/h4-9,16-17H,10-15H2,1-3H3,(H,29,33)(H,34,35). The fourth-order valence-electron chi connectivity index (χ4n) is 4.11. The number of ether oxygens (including phenoxy) is 1. The Morgan fingerprint density at radius 1 is 1.00 bits per heavy atom. The maximum atomic E-state index is 12.6. The molecule has 4 rings (SSSR count). The molecular formula is C27H31N5O5. The average molecular weight is 506 g/mol. The first-order valence-electron chi connectivity index (χ1n) is 12.2. The maximum absolute atomic E-state index is 12.6. The first-order valence-corrected chi connectivity index (χ1v) is 12.2. The van der Waals surface area contributed by atoms with E-state index in [2.05, 4.69) is 20.2 Å². The Bertz CT molecular complexity index is 1290. The van der Waals surface area contributed by atoms with Crippen LogP contribution in [0.25, 0.3) is 22.0 Å². The normalized spacial score (nSPS) is 14.4. The van der Waals surface area contributed by atoms with Crippen molar-refractivity contribution in [3.63, 3.8) is 0 Å². The van der Waals surface area contributed by atoms with Crippen molar-refractivity contribution in [3.05, 3.63) is 60.0 Å². The predicted octanol–water partition coefficient (Wildman–Crippen LogP) is 3.28. The molecule has 194 valence electrons. The van der Waals surface area contributed by atoms with Gasteiger partial charge in [0.15, 0.2) is 0 Å². The highest BCUT2D eigenvalue weighted by Crippen LogP contribution is 2.25. The van der Waals surface area contributed by atoms with Gasteiger partial charge in [-0.1, -0.05) is 12.1 Å². The molecule has 0 bridgehead atoms. The lowest BCUT2D eigenvalue weighted by Gasteiger charge is -2.35. The van der Waals surface area contributed by atoms with Crippen LogP contribution < -0.4 is 5.32 Å². The summed E-state index contributed by atoms with van der Waals surface area (Å²) in [4.78, 5) is 48.7. The largest absolute Gasteiger partial charge is 0.478 e. The highest BCUT2D eigenvalue weighted by molar-refractivity contribution is 6.03. The van der Waals surface area contributed by atoms with E-state index in [4.69, 9.17) is 4.74 Å². The van der Waals surface area contributed by atoms with Gasteiger partial charge in [0.05, 0.1) is 11.1 Å². The van der Waals surface area contributed by atoms with Crippen LogP contribution in [0.5, 0.6) is 0 Å². The van der Waals surface area contributed by atoms with Crippen LogP contribution in [0.2, 0.25) is 0 Å². The second kappa shape index (κ2) is 10.9. The minimum absolute atomic E-state index is 0.182. The topological polar surface area (TPSA) is 125 Å². The van der Waals surface area contributed by atoms with Gasteiger partial charge in [0.1, 0.15) is 11.3 Å². The minimum Gasteiger partial charge on any atom is -0.478 e. The molecule has 0 spiro atoms. The van der Waals surface area contributed by atoms with Gasteiger partial charge in [-0.15, -0.1) is 0 Å². The molecule has 37 heavy (non-hydrogen) atoms. The van der Waals surface area contributed by atoms with Gasteiger partial charge in [-0.25, -0.2) is 9.59 Å². The highest BCUT2D eigenvalue weighted by Gasteiger charge is 2.25. The number of carboxylic acid groups (broad SMARTS) is 1. The van der Waals surface area contributed by atoms with Crippen LogP contribution in [0, 0.1) is 0 Å². The van der Waals surface area contributed by atoms with Gasteiger partial charge < -0.3 is 20.1 Å². The first kappa shape index (κ1) is 26.0. The number of carbonyl (C=O) groups is 3. The molecule has 2 aromatic heterocycles. The zero-order valence-electron chi connectivity index (χ0n) is 21.2. The SMILES string of the molecule is CC(C)(C)OC(=O)N1CCN(CCNC(=O)c2ccc(-c3ccc4nccc(C(=O)O)c4c3)cn2)CC1. The summed E-state index contributed by atoms with van der Waals surface area (Å²) in [6, 6.07) is 10.3. The molecule has 3 aromatic rings. The number of hydrogen-bond donors (Lipinski definition) is 2. The molecule has 2 amide bonds. The van der Waals surface area contributed by atoms with Crippen LogP contribution in [0.15, 0.2) is 48.8 Å². The summed E-state index contributed by atoms with van der Waals surface area (Å²) < 4.78 is 5.42. The summed E-state index contributed by atoms with van der Waals surface area (Å²) in [6.45, 7) is 9.29. The lowest BCUT2D eigenvalue weighted by atomic mass is 10.0. The van der Waals surface area contributed by atoms with Crippen LogP contribution >= 0.6 is 0 Å². The number of rotatable bonds is 6. The van der Waals surface area contributed by atoms with Crippen molar-refractivity contribution >= 4 is 28.9 Å². The van der Waals surface area contributed by atoms with Gasteiger partial charge in [0.25, 0.3) is 5.91 Å². The lowest BCUT2D eigenvalue weighted by Crippen LogP contribution is -2.51. The molecule has 1 aliphatic rings. The van der Waals surface area contributed by atoms with Crippen LogP contribution in [0.4, 0.5) is 4.79 Å². The number of piperazine rings is 1. The molecule has 1 fully saturated rings. The van der Waals surface area contributed by atoms with Crippen molar-refractivity contribution in [1.29, 1.82) is 0 Å². The number of aromatic nitrogens is 2. The summed E-state index contributed by atoms with van der Waals surface area (Å²) in [5, 5.41) is 12.9. The summed E-state index contributed by atoms with van der Waals surface area (Å²) in [7, 11) is 0. The predicted molar refractivity (Wildman–Crippen MR) is 139 cm³/mol. The van der Waals surface area contributed by atoms with Crippen LogP contribution in [-0.4, -0.2) is 87.7 Å². The van der Waals surface area contributed by atoms with Gasteiger partial charge in [0.2, 0.25) is 0 Å². The van der Waals surface area contributed by atoms with Crippen molar-refractivity contribution in [2.75, 3.05) is 39.3 Å². The highest BCUT2D eigenvalue weighted by atomic mass is 16.6. The average Bonchev–Trinajstić information content (AvgIpc) is 2.87. The fourth-order valence-corrected chi connectivity index (χ4v) is 4.11. The molecule has 0 atom stereocenters. The monoisotopic (exact) mass is 505 g/mol. The van der Waals surface area contributed by atoms with Gasteiger partial charge in [-0.05, 0) is 50.6 Å². The number of fused-ring (bicyclic) bond motifs is 1. The Labute approximate surface area is 215 Å². The summed E-state index contributed by atoms with van der Waals surface area (Å²) in [6.07, 6.45) is 2.78. The Hall–Kier alpha value is -4.05. The number of nitrogens with zero attached hydrogens (tertiary/aromatic N) is 4. The number of aromatic carboxylic acids is 1. The van der Waals surface area contributed by atoms with Crippen molar-refractivity contribution < 1.29 is 24.2 Å². The van der Waals surface area contributed by atoms with E-state index < -0.39 is 11.6 Å². The maximum Gasteiger partial charge on any atom is 0.410 e. The molecule has 1 aliphatic heterocycles. The molecule has 0 aliphatic carbocycles. The van der Waals surface area contributed by atoms with E-state index in [0.29, 0.717) is 55.9 Å². The molecular weight excluding hydrogens is 474 g/mol. The number of amides is 2. The molecule has 1 saturated heterocycles. The zero-order chi connectivity index (χ0) is 26.6. The van der Waals surface area contributed by atoms with Crippen molar-refractivity contribution in [1.82, 2.24) is 25.1 Å². The number of pyridine rings is 2. The van der Waals surface area contributed by atoms with Crippen molar-refractivity contribution in [3.8, 4) is 11.1 Å². The lowest BCUT2D eigenvalue weighted by molar-refractivity contribution is 0.0146. The number of nitrogens with one attached hydrogen (secondary N) is 1.